The van der Waals surface area contributed by atoms with Gasteiger partial charge in [-0.1, -0.05) is 6.58 Å². The van der Waals surface area contributed by atoms with Crippen molar-refractivity contribution in [1.82, 2.24) is 25.1 Å². The first-order valence-electron chi connectivity index (χ1n) is 5.42. The van der Waals surface area contributed by atoms with Gasteiger partial charge in [-0.05, 0) is 6.92 Å². The van der Waals surface area contributed by atoms with Crippen molar-refractivity contribution in [2.45, 2.75) is 20.0 Å². The summed E-state index contributed by atoms with van der Waals surface area (Å²) in [6, 6.07) is 0. The third-order valence-electron chi connectivity index (χ3n) is 2.31. The molecule has 0 aliphatic carbocycles. The molecule has 0 fully saturated rings. The van der Waals surface area contributed by atoms with Crippen LogP contribution in [0.5, 0.6) is 0 Å². The first-order valence-corrected chi connectivity index (χ1v) is 5.42. The number of nitrogens with one attached hydrogen (secondary N) is 1. The highest BCUT2D eigenvalue weighted by atomic mass is 15.2. The van der Waals surface area contributed by atoms with Crippen LogP contribution < -0.4 is 5.32 Å². The minimum atomic E-state index is 0.701. The van der Waals surface area contributed by atoms with E-state index >= 15 is 0 Å². The summed E-state index contributed by atoms with van der Waals surface area (Å²) in [6.07, 6.45) is 8.97. The molecule has 0 saturated carbocycles. The SMILES string of the molecule is C=Cn1cc(CNCc2cnc(C)cn2)cn1. The molecule has 2 rings (SSSR count). The molecular formula is C12H15N5. The molecule has 0 amide bonds. The molecule has 2 heterocycles. The van der Waals surface area contributed by atoms with Crippen molar-refractivity contribution >= 4 is 6.20 Å². The summed E-state index contributed by atoms with van der Waals surface area (Å²) in [4.78, 5) is 8.46. The minimum Gasteiger partial charge on any atom is -0.307 e. The fourth-order valence-electron chi connectivity index (χ4n) is 1.41. The Morgan fingerprint density at radius 3 is 2.82 bits per heavy atom. The van der Waals surface area contributed by atoms with Gasteiger partial charge in [0.25, 0.3) is 0 Å². The maximum absolute atomic E-state index is 4.27. The molecule has 0 aromatic carbocycles. The lowest BCUT2D eigenvalue weighted by Gasteiger charge is -2.02. The van der Waals surface area contributed by atoms with Crippen LogP contribution in [0, 0.1) is 6.92 Å². The fraction of sp³-hybridized carbons (Fsp3) is 0.250. The predicted molar refractivity (Wildman–Crippen MR) is 65.9 cm³/mol. The van der Waals surface area contributed by atoms with E-state index in [2.05, 4.69) is 27.0 Å². The van der Waals surface area contributed by atoms with Crippen molar-refractivity contribution in [3.8, 4) is 0 Å². The fourth-order valence-corrected chi connectivity index (χ4v) is 1.41. The molecule has 2 aromatic heterocycles. The van der Waals surface area contributed by atoms with Gasteiger partial charge in [-0.2, -0.15) is 5.10 Å². The van der Waals surface area contributed by atoms with Crippen LogP contribution in [0.25, 0.3) is 6.20 Å². The first-order chi connectivity index (χ1) is 8.28. The van der Waals surface area contributed by atoms with Crippen LogP contribution in [0.1, 0.15) is 17.0 Å². The largest absolute Gasteiger partial charge is 0.307 e. The van der Waals surface area contributed by atoms with Crippen LogP contribution in [0.4, 0.5) is 0 Å². The molecule has 0 aliphatic rings. The van der Waals surface area contributed by atoms with E-state index in [-0.39, 0.29) is 0 Å². The van der Waals surface area contributed by atoms with E-state index in [1.54, 1.807) is 23.3 Å². The molecule has 0 saturated heterocycles. The van der Waals surface area contributed by atoms with Crippen LogP contribution in [0.15, 0.2) is 31.4 Å². The average molecular weight is 229 g/mol. The van der Waals surface area contributed by atoms with Crippen molar-refractivity contribution in [2.24, 2.45) is 0 Å². The van der Waals surface area contributed by atoms with Gasteiger partial charge in [-0.25, -0.2) is 4.68 Å². The Balaban J connectivity index is 1.83. The standard InChI is InChI=1S/C12H15N5/c1-3-17-9-11(6-16-17)5-13-7-12-8-14-10(2)4-15-12/h3-4,6,8-9,13H,1,5,7H2,2H3. The molecule has 1 N–H and O–H groups in total. The van der Waals surface area contributed by atoms with Crippen molar-refractivity contribution < 1.29 is 0 Å². The second kappa shape index (κ2) is 5.36. The van der Waals surface area contributed by atoms with E-state index in [0.717, 1.165) is 23.5 Å². The summed E-state index contributed by atoms with van der Waals surface area (Å²) in [5.74, 6) is 0. The van der Waals surface area contributed by atoms with E-state index in [0.29, 0.717) is 6.54 Å². The van der Waals surface area contributed by atoms with Crippen molar-refractivity contribution in [3.63, 3.8) is 0 Å². The van der Waals surface area contributed by atoms with Gasteiger partial charge in [0.1, 0.15) is 0 Å². The third-order valence-corrected chi connectivity index (χ3v) is 2.31. The van der Waals surface area contributed by atoms with Gasteiger partial charge in [-0.15, -0.1) is 0 Å². The first kappa shape index (κ1) is 11.5. The minimum absolute atomic E-state index is 0.701. The summed E-state index contributed by atoms with van der Waals surface area (Å²) >= 11 is 0. The molecule has 0 bridgehead atoms. The Labute approximate surface area is 100 Å². The summed E-state index contributed by atoms with van der Waals surface area (Å²) in [5, 5.41) is 7.39. The lowest BCUT2D eigenvalue weighted by atomic mass is 10.3. The van der Waals surface area contributed by atoms with Gasteiger partial charge in [0.05, 0.1) is 17.6 Å². The molecule has 0 atom stereocenters. The molecule has 88 valence electrons. The number of nitrogens with zero attached hydrogens (tertiary/aromatic N) is 4. The van der Waals surface area contributed by atoms with E-state index < -0.39 is 0 Å². The number of aryl methyl sites for hydroxylation is 1. The van der Waals surface area contributed by atoms with Crippen LogP contribution >= 0.6 is 0 Å². The maximum atomic E-state index is 4.27. The van der Waals surface area contributed by atoms with E-state index in [4.69, 9.17) is 0 Å². The molecule has 0 unspecified atom stereocenters. The number of hydrogen-bond acceptors (Lipinski definition) is 4. The summed E-state index contributed by atoms with van der Waals surface area (Å²) in [7, 11) is 0. The van der Waals surface area contributed by atoms with Crippen LogP contribution in [0.3, 0.4) is 0 Å². The molecule has 0 aliphatic heterocycles. The molecule has 2 aromatic rings. The molecular weight excluding hydrogens is 214 g/mol. The molecule has 0 radical (unpaired) electrons. The van der Waals surface area contributed by atoms with Gasteiger partial charge >= 0.3 is 0 Å². The van der Waals surface area contributed by atoms with E-state index in [9.17, 15) is 0 Å². The predicted octanol–water partition coefficient (Wildman–Crippen LogP) is 1.37. The van der Waals surface area contributed by atoms with Gasteiger partial charge in [0.2, 0.25) is 0 Å². The van der Waals surface area contributed by atoms with Gasteiger partial charge < -0.3 is 5.32 Å². The van der Waals surface area contributed by atoms with E-state index in [1.165, 1.54) is 0 Å². The lowest BCUT2D eigenvalue weighted by molar-refractivity contribution is 0.676. The maximum Gasteiger partial charge on any atom is 0.0724 e. The molecule has 17 heavy (non-hydrogen) atoms. The molecule has 5 heteroatoms. The van der Waals surface area contributed by atoms with Gasteiger partial charge in [0, 0.05) is 43.4 Å². The monoisotopic (exact) mass is 229 g/mol. The summed E-state index contributed by atoms with van der Waals surface area (Å²) in [5.41, 5.74) is 2.98. The Morgan fingerprint density at radius 2 is 2.18 bits per heavy atom. The Hall–Kier alpha value is -2.01. The average Bonchev–Trinajstić information content (AvgIpc) is 2.80. The molecule has 0 spiro atoms. The quantitative estimate of drug-likeness (QED) is 0.841. The van der Waals surface area contributed by atoms with Crippen molar-refractivity contribution in [3.05, 3.63) is 48.3 Å². The Kier molecular flexibility index (Phi) is 3.62. The second-order valence-electron chi connectivity index (χ2n) is 3.76. The van der Waals surface area contributed by atoms with Gasteiger partial charge in [0.15, 0.2) is 0 Å². The van der Waals surface area contributed by atoms with Crippen LogP contribution in [0.2, 0.25) is 0 Å². The summed E-state index contributed by atoms with van der Waals surface area (Å²) in [6.45, 7) is 7.02. The van der Waals surface area contributed by atoms with Crippen LogP contribution in [-0.2, 0) is 13.1 Å². The zero-order valence-corrected chi connectivity index (χ0v) is 9.80. The van der Waals surface area contributed by atoms with Crippen LogP contribution in [-0.4, -0.2) is 19.7 Å². The lowest BCUT2D eigenvalue weighted by Crippen LogP contribution is -2.13. The zero-order valence-electron chi connectivity index (χ0n) is 9.80. The molecule has 5 nitrogen and oxygen atoms in total. The number of hydrogen-bond donors (Lipinski definition) is 1. The Bertz CT molecular complexity index is 486. The Morgan fingerprint density at radius 1 is 1.29 bits per heavy atom. The number of rotatable bonds is 5. The topological polar surface area (TPSA) is 55.6 Å². The normalized spacial score (nSPS) is 10.4. The highest BCUT2D eigenvalue weighted by Gasteiger charge is 1.98. The van der Waals surface area contributed by atoms with E-state index in [1.807, 2.05) is 19.3 Å². The van der Waals surface area contributed by atoms with Crippen molar-refractivity contribution in [1.29, 1.82) is 0 Å². The zero-order chi connectivity index (χ0) is 12.1. The smallest absolute Gasteiger partial charge is 0.0724 e. The van der Waals surface area contributed by atoms with Crippen molar-refractivity contribution in [2.75, 3.05) is 0 Å². The van der Waals surface area contributed by atoms with Gasteiger partial charge in [-0.3, -0.25) is 9.97 Å². The highest BCUT2D eigenvalue weighted by Crippen LogP contribution is 1.98. The number of aromatic nitrogens is 4. The highest BCUT2D eigenvalue weighted by molar-refractivity contribution is 5.17. The second-order valence-corrected chi connectivity index (χ2v) is 3.76. The summed E-state index contributed by atoms with van der Waals surface area (Å²) < 4.78 is 1.68. The third kappa shape index (κ3) is 3.22.